The zero-order chi connectivity index (χ0) is 15.9. The van der Waals surface area contributed by atoms with Crippen LogP contribution in [0.4, 0.5) is 4.79 Å². The highest BCUT2D eigenvalue weighted by molar-refractivity contribution is 5.77. The smallest absolute Gasteiger partial charge is 0.407 e. The van der Waals surface area contributed by atoms with Crippen LogP contribution in [0.1, 0.15) is 26.3 Å². The maximum absolute atomic E-state index is 11.7. The first-order chi connectivity index (χ1) is 9.78. The molecule has 0 fully saturated rings. The van der Waals surface area contributed by atoms with Gasteiger partial charge in [0, 0.05) is 6.54 Å². The third kappa shape index (κ3) is 7.31. The monoisotopic (exact) mass is 294 g/mol. The number of carbonyl (C=O) groups is 2. The van der Waals surface area contributed by atoms with Gasteiger partial charge < -0.3 is 20.5 Å². The van der Waals surface area contributed by atoms with Gasteiger partial charge in [-0.05, 0) is 26.3 Å². The van der Waals surface area contributed by atoms with E-state index in [-0.39, 0.29) is 13.2 Å². The van der Waals surface area contributed by atoms with E-state index in [9.17, 15) is 9.59 Å². The minimum atomic E-state index is -0.929. The van der Waals surface area contributed by atoms with Gasteiger partial charge in [-0.25, -0.2) is 4.79 Å². The van der Waals surface area contributed by atoms with Crippen LogP contribution < -0.4 is 11.1 Å². The average Bonchev–Trinajstić information content (AvgIpc) is 2.41. The molecule has 0 spiro atoms. The molecule has 0 aliphatic heterocycles. The lowest BCUT2D eigenvalue weighted by Gasteiger charge is -2.20. The summed E-state index contributed by atoms with van der Waals surface area (Å²) in [5.41, 5.74) is 5.93. The van der Waals surface area contributed by atoms with E-state index in [0.29, 0.717) is 0 Å². The lowest BCUT2D eigenvalue weighted by atomic mass is 10.2. The summed E-state index contributed by atoms with van der Waals surface area (Å²) < 4.78 is 10.1. The molecule has 0 unspecified atom stereocenters. The molecule has 0 radical (unpaired) electrons. The van der Waals surface area contributed by atoms with E-state index in [1.165, 1.54) is 0 Å². The highest BCUT2D eigenvalue weighted by Crippen LogP contribution is 2.06. The SMILES string of the molecule is CC(C)(C)OC(=O)NC[C@@H](N)C(=O)OCc1ccccc1. The van der Waals surface area contributed by atoms with Crippen molar-refractivity contribution in [1.82, 2.24) is 5.32 Å². The Morgan fingerprint density at radius 1 is 1.24 bits per heavy atom. The topological polar surface area (TPSA) is 90.6 Å². The molecule has 6 heteroatoms. The summed E-state index contributed by atoms with van der Waals surface area (Å²) in [5.74, 6) is -0.574. The summed E-state index contributed by atoms with van der Waals surface area (Å²) in [6, 6.07) is 8.35. The molecule has 0 saturated carbocycles. The number of ether oxygens (including phenoxy) is 2. The highest BCUT2D eigenvalue weighted by atomic mass is 16.6. The largest absolute Gasteiger partial charge is 0.460 e. The first-order valence-electron chi connectivity index (χ1n) is 6.71. The third-order valence-corrected chi connectivity index (χ3v) is 2.39. The van der Waals surface area contributed by atoms with Crippen molar-refractivity contribution < 1.29 is 19.1 Å². The van der Waals surface area contributed by atoms with E-state index in [0.717, 1.165) is 5.56 Å². The first kappa shape index (κ1) is 17.0. The van der Waals surface area contributed by atoms with Crippen molar-refractivity contribution in [3.8, 4) is 0 Å². The van der Waals surface area contributed by atoms with Crippen LogP contribution in [-0.4, -0.2) is 30.3 Å². The zero-order valence-corrected chi connectivity index (χ0v) is 12.6. The minimum absolute atomic E-state index is 0.0392. The van der Waals surface area contributed by atoms with Crippen molar-refractivity contribution in [2.24, 2.45) is 5.73 Å². The van der Waals surface area contributed by atoms with E-state index < -0.39 is 23.7 Å². The Bertz CT molecular complexity index is 468. The molecule has 1 amide bonds. The van der Waals surface area contributed by atoms with Gasteiger partial charge in [0.15, 0.2) is 0 Å². The van der Waals surface area contributed by atoms with Crippen LogP contribution in [0.5, 0.6) is 0 Å². The molecule has 116 valence electrons. The number of nitrogens with one attached hydrogen (secondary N) is 1. The normalized spacial score (nSPS) is 12.4. The van der Waals surface area contributed by atoms with Crippen LogP contribution in [0, 0.1) is 0 Å². The average molecular weight is 294 g/mol. The van der Waals surface area contributed by atoms with Gasteiger partial charge in [0.1, 0.15) is 18.2 Å². The molecular formula is C15H22N2O4. The number of hydrogen-bond acceptors (Lipinski definition) is 5. The molecule has 1 rings (SSSR count). The van der Waals surface area contributed by atoms with Crippen LogP contribution in [-0.2, 0) is 20.9 Å². The lowest BCUT2D eigenvalue weighted by molar-refractivity contribution is -0.146. The van der Waals surface area contributed by atoms with Crippen molar-refractivity contribution in [1.29, 1.82) is 0 Å². The second kappa shape index (κ2) is 7.64. The molecule has 1 atom stereocenters. The van der Waals surface area contributed by atoms with Gasteiger partial charge in [-0.15, -0.1) is 0 Å². The van der Waals surface area contributed by atoms with E-state index in [2.05, 4.69) is 5.32 Å². The molecule has 0 saturated heterocycles. The summed E-state index contributed by atoms with van der Waals surface area (Å²) >= 11 is 0. The van der Waals surface area contributed by atoms with Gasteiger partial charge >= 0.3 is 12.1 Å². The zero-order valence-electron chi connectivity index (χ0n) is 12.6. The van der Waals surface area contributed by atoms with Crippen LogP contribution in [0.3, 0.4) is 0 Å². The lowest BCUT2D eigenvalue weighted by Crippen LogP contribution is -2.44. The van der Waals surface area contributed by atoms with E-state index in [4.69, 9.17) is 15.2 Å². The molecule has 0 aliphatic rings. The van der Waals surface area contributed by atoms with Crippen molar-refractivity contribution in [3.05, 3.63) is 35.9 Å². The van der Waals surface area contributed by atoms with Crippen LogP contribution in [0.2, 0.25) is 0 Å². The highest BCUT2D eigenvalue weighted by Gasteiger charge is 2.19. The number of nitrogens with two attached hydrogens (primary N) is 1. The number of amides is 1. The minimum Gasteiger partial charge on any atom is -0.460 e. The molecule has 0 bridgehead atoms. The van der Waals surface area contributed by atoms with Crippen molar-refractivity contribution >= 4 is 12.1 Å². The van der Waals surface area contributed by atoms with Crippen LogP contribution >= 0.6 is 0 Å². The second-order valence-corrected chi connectivity index (χ2v) is 5.58. The molecule has 0 aliphatic carbocycles. The molecular weight excluding hydrogens is 272 g/mol. The quantitative estimate of drug-likeness (QED) is 0.805. The van der Waals surface area contributed by atoms with Crippen molar-refractivity contribution in [3.63, 3.8) is 0 Å². The summed E-state index contributed by atoms with van der Waals surface area (Å²) in [6.07, 6.45) is -0.617. The Hall–Kier alpha value is -2.08. The number of carbonyl (C=O) groups excluding carboxylic acids is 2. The Kier molecular flexibility index (Phi) is 6.17. The predicted octanol–water partition coefficient (Wildman–Crippen LogP) is 1.58. The molecule has 1 aromatic rings. The summed E-state index contributed by atoms with van der Waals surface area (Å²) in [4.78, 5) is 23.1. The van der Waals surface area contributed by atoms with Crippen LogP contribution in [0.15, 0.2) is 30.3 Å². The van der Waals surface area contributed by atoms with Gasteiger partial charge in [-0.1, -0.05) is 30.3 Å². The van der Waals surface area contributed by atoms with Gasteiger partial charge in [-0.2, -0.15) is 0 Å². The second-order valence-electron chi connectivity index (χ2n) is 5.58. The maximum Gasteiger partial charge on any atom is 0.407 e. The predicted molar refractivity (Wildman–Crippen MR) is 78.5 cm³/mol. The van der Waals surface area contributed by atoms with E-state index >= 15 is 0 Å². The fourth-order valence-electron chi connectivity index (χ4n) is 1.43. The molecule has 0 aromatic heterocycles. The maximum atomic E-state index is 11.7. The van der Waals surface area contributed by atoms with Gasteiger partial charge in [0.05, 0.1) is 0 Å². The van der Waals surface area contributed by atoms with Crippen molar-refractivity contribution in [2.45, 2.75) is 39.0 Å². The molecule has 3 N–H and O–H groups in total. The van der Waals surface area contributed by atoms with Gasteiger partial charge in [0.25, 0.3) is 0 Å². The van der Waals surface area contributed by atoms with E-state index in [1.807, 2.05) is 30.3 Å². The number of rotatable bonds is 5. The molecule has 6 nitrogen and oxygen atoms in total. The third-order valence-electron chi connectivity index (χ3n) is 2.39. The van der Waals surface area contributed by atoms with E-state index in [1.54, 1.807) is 20.8 Å². The molecule has 21 heavy (non-hydrogen) atoms. The van der Waals surface area contributed by atoms with Crippen molar-refractivity contribution in [2.75, 3.05) is 6.54 Å². The number of esters is 1. The Morgan fingerprint density at radius 3 is 2.43 bits per heavy atom. The Balaban J connectivity index is 2.30. The summed E-state index contributed by atoms with van der Waals surface area (Å²) in [7, 11) is 0. The fourth-order valence-corrected chi connectivity index (χ4v) is 1.43. The summed E-state index contributed by atoms with van der Waals surface area (Å²) in [6.45, 7) is 5.37. The summed E-state index contributed by atoms with van der Waals surface area (Å²) in [5, 5.41) is 2.43. The van der Waals surface area contributed by atoms with Gasteiger partial charge in [0.2, 0.25) is 0 Å². The standard InChI is InChI=1S/C15H22N2O4/c1-15(2,3)21-14(19)17-9-12(16)13(18)20-10-11-7-5-4-6-8-11/h4-8,12H,9-10,16H2,1-3H3,(H,17,19)/t12-/m1/s1. The molecule has 0 heterocycles. The fraction of sp³-hybridized carbons (Fsp3) is 0.467. The molecule has 1 aromatic carbocycles. The first-order valence-corrected chi connectivity index (χ1v) is 6.71. The number of alkyl carbamates (subject to hydrolysis) is 1. The number of hydrogen-bond donors (Lipinski definition) is 2. The number of benzene rings is 1. The van der Waals surface area contributed by atoms with Crippen LogP contribution in [0.25, 0.3) is 0 Å². The Morgan fingerprint density at radius 2 is 1.86 bits per heavy atom. The van der Waals surface area contributed by atoms with Gasteiger partial charge in [-0.3, -0.25) is 4.79 Å². The Labute approximate surface area is 124 Å².